The van der Waals surface area contributed by atoms with E-state index in [9.17, 15) is 26.7 Å². The maximum Gasteiger partial charge on any atom is 0.416 e. The number of halogens is 5. The number of thioether (sulfide) groups is 1. The Balaban J connectivity index is 1.77. The largest absolute Gasteiger partial charge is 0.496 e. The number of hydrogen-bond donors (Lipinski definition) is 0. The van der Waals surface area contributed by atoms with Crippen LogP contribution < -0.4 is 4.74 Å². The zero-order valence-corrected chi connectivity index (χ0v) is 17.8. The van der Waals surface area contributed by atoms with Gasteiger partial charge in [0.25, 0.3) is 5.91 Å². The number of hydrazone groups is 1. The van der Waals surface area contributed by atoms with Gasteiger partial charge in [-0.25, -0.2) is 13.8 Å². The molecule has 1 heterocycles. The number of nitrogens with zero attached hydrogens (tertiary/aromatic N) is 2. The number of ether oxygens (including phenoxy) is 1. The molecule has 1 unspecified atom stereocenters. The lowest BCUT2D eigenvalue weighted by atomic mass is 10.1. The summed E-state index contributed by atoms with van der Waals surface area (Å²) >= 11 is 1.15. The first-order valence-electron chi connectivity index (χ1n) is 9.53. The standard InChI is InChI=1S/C23H15F5N2O2S/c1-32-19-5-3-2-4-17(19)22-30(29-20(33-22)13-6-9-15(24)10-7-13)21(31)16-11-8-14(12-18(16)25)23(26,27)28/h2-12,22H,1H3. The van der Waals surface area contributed by atoms with Gasteiger partial charge in [0.05, 0.1) is 18.2 Å². The number of carbonyl (C=O) groups excluding carboxylic acids is 1. The normalized spacial score (nSPS) is 16.0. The first kappa shape index (κ1) is 22.8. The van der Waals surface area contributed by atoms with Crippen LogP contribution in [0.1, 0.15) is 32.4 Å². The molecule has 33 heavy (non-hydrogen) atoms. The van der Waals surface area contributed by atoms with E-state index in [1.807, 2.05) is 0 Å². The van der Waals surface area contributed by atoms with E-state index in [0.717, 1.165) is 22.8 Å². The third-order valence-electron chi connectivity index (χ3n) is 4.87. The van der Waals surface area contributed by atoms with Crippen LogP contribution in [0.15, 0.2) is 71.8 Å². The highest BCUT2D eigenvalue weighted by atomic mass is 32.2. The molecule has 0 bridgehead atoms. The summed E-state index contributed by atoms with van der Waals surface area (Å²) in [4.78, 5) is 13.2. The number of rotatable bonds is 4. The van der Waals surface area contributed by atoms with E-state index >= 15 is 0 Å². The van der Waals surface area contributed by atoms with Crippen molar-refractivity contribution < 1.29 is 31.5 Å². The van der Waals surface area contributed by atoms with Crippen molar-refractivity contribution in [2.45, 2.75) is 11.6 Å². The lowest BCUT2D eigenvalue weighted by Crippen LogP contribution is -2.27. The van der Waals surface area contributed by atoms with E-state index in [1.165, 1.54) is 31.4 Å². The van der Waals surface area contributed by atoms with Gasteiger partial charge in [-0.15, -0.1) is 0 Å². The van der Waals surface area contributed by atoms with Gasteiger partial charge in [-0.3, -0.25) is 4.79 Å². The van der Waals surface area contributed by atoms with E-state index in [1.54, 1.807) is 24.3 Å². The Labute approximate surface area is 189 Å². The Morgan fingerprint density at radius 2 is 1.73 bits per heavy atom. The van der Waals surface area contributed by atoms with Crippen molar-refractivity contribution in [3.63, 3.8) is 0 Å². The predicted molar refractivity (Wildman–Crippen MR) is 114 cm³/mol. The Morgan fingerprint density at radius 3 is 2.36 bits per heavy atom. The first-order chi connectivity index (χ1) is 15.7. The fraction of sp³-hybridized carbons (Fsp3) is 0.130. The van der Waals surface area contributed by atoms with Crippen LogP contribution >= 0.6 is 11.8 Å². The summed E-state index contributed by atoms with van der Waals surface area (Å²) in [6.07, 6.45) is -4.75. The second-order valence-corrected chi connectivity index (χ2v) is 8.04. The molecule has 3 aromatic rings. The molecule has 3 aromatic carbocycles. The summed E-state index contributed by atoms with van der Waals surface area (Å²) in [6, 6.07) is 13.9. The van der Waals surface area contributed by atoms with Crippen LogP contribution in [0.2, 0.25) is 0 Å². The maximum atomic E-state index is 14.6. The summed E-state index contributed by atoms with van der Waals surface area (Å²) < 4.78 is 72.0. The van der Waals surface area contributed by atoms with Gasteiger partial charge in [-0.2, -0.15) is 18.3 Å². The van der Waals surface area contributed by atoms with E-state index in [0.29, 0.717) is 28.0 Å². The lowest BCUT2D eigenvalue weighted by Gasteiger charge is -2.23. The molecule has 4 nitrogen and oxygen atoms in total. The molecule has 0 radical (unpaired) electrons. The lowest BCUT2D eigenvalue weighted by molar-refractivity contribution is -0.137. The molecule has 0 aliphatic carbocycles. The molecule has 1 amide bonds. The molecule has 0 fully saturated rings. The molecule has 0 spiro atoms. The third kappa shape index (κ3) is 4.56. The number of benzene rings is 3. The minimum Gasteiger partial charge on any atom is -0.496 e. The number of methoxy groups -OCH3 is 1. The van der Waals surface area contributed by atoms with E-state index in [-0.39, 0.29) is 6.07 Å². The monoisotopic (exact) mass is 478 g/mol. The molecule has 170 valence electrons. The van der Waals surface area contributed by atoms with Crippen molar-refractivity contribution >= 4 is 22.7 Å². The SMILES string of the molecule is COc1ccccc1C1SC(c2ccc(F)cc2)=NN1C(=O)c1ccc(C(F)(F)F)cc1F. The van der Waals surface area contributed by atoms with Crippen molar-refractivity contribution in [2.24, 2.45) is 5.10 Å². The van der Waals surface area contributed by atoms with Crippen molar-refractivity contribution in [2.75, 3.05) is 7.11 Å². The van der Waals surface area contributed by atoms with Crippen molar-refractivity contribution in [1.29, 1.82) is 0 Å². The third-order valence-corrected chi connectivity index (χ3v) is 6.09. The number of hydrogen-bond acceptors (Lipinski definition) is 4. The van der Waals surface area contributed by atoms with E-state index in [4.69, 9.17) is 4.74 Å². The second-order valence-electron chi connectivity index (χ2n) is 6.97. The smallest absolute Gasteiger partial charge is 0.416 e. The average Bonchev–Trinajstić information content (AvgIpc) is 3.23. The van der Waals surface area contributed by atoms with Gasteiger partial charge in [-0.1, -0.05) is 30.0 Å². The molecule has 0 saturated heterocycles. The minimum absolute atomic E-state index is 0.277. The number of alkyl halides is 3. The Bertz CT molecular complexity index is 1230. The molecule has 0 N–H and O–H groups in total. The van der Waals surface area contributed by atoms with E-state index in [2.05, 4.69) is 5.10 Å². The van der Waals surface area contributed by atoms with E-state index < -0.39 is 40.2 Å². The van der Waals surface area contributed by atoms with Gasteiger partial charge < -0.3 is 4.74 Å². The molecular formula is C23H15F5N2O2S. The zero-order valence-electron chi connectivity index (χ0n) is 16.9. The molecule has 0 aromatic heterocycles. The minimum atomic E-state index is -4.75. The average molecular weight is 478 g/mol. The summed E-state index contributed by atoms with van der Waals surface area (Å²) in [6.45, 7) is 0. The molecule has 1 aliphatic heterocycles. The Morgan fingerprint density at radius 1 is 1.03 bits per heavy atom. The van der Waals surface area contributed by atoms with Crippen LogP contribution in [-0.2, 0) is 6.18 Å². The van der Waals surface area contributed by atoms with Gasteiger partial charge in [0.2, 0.25) is 0 Å². The van der Waals surface area contributed by atoms with Gasteiger partial charge in [0.1, 0.15) is 27.8 Å². The molecule has 10 heteroatoms. The molecular weight excluding hydrogens is 463 g/mol. The molecule has 1 atom stereocenters. The Hall–Kier alpha value is -3.40. The summed E-state index contributed by atoms with van der Waals surface area (Å²) in [7, 11) is 1.45. The molecule has 4 rings (SSSR count). The van der Waals surface area contributed by atoms with Crippen molar-refractivity contribution in [1.82, 2.24) is 5.01 Å². The summed E-state index contributed by atoms with van der Waals surface area (Å²) in [5.41, 5.74) is -0.701. The summed E-state index contributed by atoms with van der Waals surface area (Å²) in [5, 5.41) is 4.86. The number of para-hydroxylation sites is 1. The Kier molecular flexibility index (Phi) is 6.11. The zero-order chi connectivity index (χ0) is 23.8. The van der Waals surface area contributed by atoms with Crippen LogP contribution in [0.25, 0.3) is 0 Å². The highest BCUT2D eigenvalue weighted by molar-refractivity contribution is 8.14. The van der Waals surface area contributed by atoms with Crippen LogP contribution in [0.5, 0.6) is 5.75 Å². The topological polar surface area (TPSA) is 41.9 Å². The maximum absolute atomic E-state index is 14.6. The number of carbonyl (C=O) groups is 1. The van der Waals surface area contributed by atoms with Gasteiger partial charge in [-0.05, 0) is 48.5 Å². The summed E-state index contributed by atoms with van der Waals surface area (Å²) in [5.74, 6) is -2.26. The van der Waals surface area contributed by atoms with Crippen LogP contribution in [-0.4, -0.2) is 23.1 Å². The van der Waals surface area contributed by atoms with Crippen LogP contribution in [0.3, 0.4) is 0 Å². The fourth-order valence-corrected chi connectivity index (χ4v) is 4.44. The highest BCUT2D eigenvalue weighted by Crippen LogP contribution is 2.45. The van der Waals surface area contributed by atoms with Crippen LogP contribution in [0.4, 0.5) is 22.0 Å². The predicted octanol–water partition coefficient (Wildman–Crippen LogP) is 6.24. The van der Waals surface area contributed by atoms with Crippen molar-refractivity contribution in [3.05, 3.63) is 101 Å². The van der Waals surface area contributed by atoms with Gasteiger partial charge in [0, 0.05) is 11.1 Å². The van der Waals surface area contributed by atoms with Crippen LogP contribution in [0, 0.1) is 11.6 Å². The molecule has 0 saturated carbocycles. The number of amides is 1. The first-order valence-corrected chi connectivity index (χ1v) is 10.4. The van der Waals surface area contributed by atoms with Crippen molar-refractivity contribution in [3.8, 4) is 5.75 Å². The van der Waals surface area contributed by atoms with Gasteiger partial charge in [0.15, 0.2) is 0 Å². The van der Waals surface area contributed by atoms with Gasteiger partial charge >= 0.3 is 6.18 Å². The second kappa shape index (κ2) is 8.86. The fourth-order valence-electron chi connectivity index (χ4n) is 3.25. The quantitative estimate of drug-likeness (QED) is 0.417. The molecule has 1 aliphatic rings. The highest BCUT2D eigenvalue weighted by Gasteiger charge is 2.38.